The maximum Gasteiger partial charge on any atom is 0.0313 e. The van der Waals surface area contributed by atoms with Crippen molar-refractivity contribution in [1.29, 1.82) is 0 Å². The minimum absolute atomic E-state index is 0.696. The maximum absolute atomic E-state index is 4.27. The molecule has 0 saturated carbocycles. The van der Waals surface area contributed by atoms with Crippen LogP contribution < -0.4 is 5.32 Å². The Labute approximate surface area is 111 Å². The van der Waals surface area contributed by atoms with Gasteiger partial charge in [-0.05, 0) is 43.5 Å². The van der Waals surface area contributed by atoms with Crippen LogP contribution in [0, 0.1) is 12.8 Å². The normalized spacial score (nSPS) is 25.3. The van der Waals surface area contributed by atoms with Crippen LogP contribution in [0.4, 0.5) is 0 Å². The molecule has 1 saturated heterocycles. The summed E-state index contributed by atoms with van der Waals surface area (Å²) < 4.78 is 0. The summed E-state index contributed by atoms with van der Waals surface area (Å²) in [6, 6.07) is 2.94. The van der Waals surface area contributed by atoms with Crippen molar-refractivity contribution in [3.8, 4) is 0 Å². The van der Waals surface area contributed by atoms with Crippen molar-refractivity contribution < 1.29 is 0 Å². The Balaban J connectivity index is 1.89. The van der Waals surface area contributed by atoms with E-state index in [2.05, 4.69) is 42.0 Å². The van der Waals surface area contributed by atoms with Crippen molar-refractivity contribution >= 4 is 0 Å². The van der Waals surface area contributed by atoms with Crippen molar-refractivity contribution in [3.05, 3.63) is 29.6 Å². The Morgan fingerprint density at radius 1 is 1.44 bits per heavy atom. The number of pyridine rings is 1. The Morgan fingerprint density at radius 2 is 2.28 bits per heavy atom. The monoisotopic (exact) mass is 247 g/mol. The van der Waals surface area contributed by atoms with Gasteiger partial charge in [-0.25, -0.2) is 0 Å². The van der Waals surface area contributed by atoms with Crippen LogP contribution in [0.3, 0.4) is 0 Å². The van der Waals surface area contributed by atoms with Gasteiger partial charge in [-0.1, -0.05) is 19.9 Å². The summed E-state index contributed by atoms with van der Waals surface area (Å²) in [5.41, 5.74) is 2.59. The third-order valence-electron chi connectivity index (χ3n) is 3.79. The summed E-state index contributed by atoms with van der Waals surface area (Å²) in [7, 11) is 0. The van der Waals surface area contributed by atoms with Crippen LogP contribution in [-0.4, -0.2) is 35.6 Å². The van der Waals surface area contributed by atoms with Gasteiger partial charge in [0, 0.05) is 31.5 Å². The molecule has 2 unspecified atom stereocenters. The van der Waals surface area contributed by atoms with Gasteiger partial charge < -0.3 is 5.32 Å². The third-order valence-corrected chi connectivity index (χ3v) is 3.79. The highest BCUT2D eigenvalue weighted by atomic mass is 15.1. The zero-order chi connectivity index (χ0) is 13.0. The van der Waals surface area contributed by atoms with E-state index in [1.807, 2.05) is 12.4 Å². The molecule has 3 heteroatoms. The first kappa shape index (κ1) is 13.5. The molecule has 18 heavy (non-hydrogen) atoms. The fourth-order valence-electron chi connectivity index (χ4n) is 2.90. The zero-order valence-electron chi connectivity index (χ0n) is 11.8. The number of hydrogen-bond acceptors (Lipinski definition) is 3. The quantitative estimate of drug-likeness (QED) is 0.884. The molecule has 0 radical (unpaired) electrons. The van der Waals surface area contributed by atoms with Gasteiger partial charge in [-0.3, -0.25) is 9.88 Å². The zero-order valence-corrected chi connectivity index (χ0v) is 11.8. The van der Waals surface area contributed by atoms with Crippen molar-refractivity contribution in [2.45, 2.75) is 39.8 Å². The molecule has 2 atom stereocenters. The van der Waals surface area contributed by atoms with Crippen LogP contribution in [0.15, 0.2) is 18.5 Å². The van der Waals surface area contributed by atoms with Gasteiger partial charge in [-0.2, -0.15) is 0 Å². The third kappa shape index (κ3) is 3.53. The van der Waals surface area contributed by atoms with E-state index in [0.717, 1.165) is 19.0 Å². The number of piperidine rings is 1. The van der Waals surface area contributed by atoms with E-state index in [9.17, 15) is 0 Å². The Kier molecular flexibility index (Phi) is 4.72. The van der Waals surface area contributed by atoms with Crippen LogP contribution in [-0.2, 0) is 6.54 Å². The molecule has 3 nitrogen and oxygen atoms in total. The summed E-state index contributed by atoms with van der Waals surface area (Å²) in [5.74, 6) is 0.733. The SMILES string of the molecule is CCNC1CCN(Cc2cncc(C)c2)CC1C. The largest absolute Gasteiger partial charge is 0.314 e. The van der Waals surface area contributed by atoms with Gasteiger partial charge in [-0.15, -0.1) is 0 Å². The summed E-state index contributed by atoms with van der Waals surface area (Å²) in [6.07, 6.45) is 5.17. The molecule has 1 fully saturated rings. The van der Waals surface area contributed by atoms with E-state index in [4.69, 9.17) is 0 Å². The van der Waals surface area contributed by atoms with E-state index in [0.29, 0.717) is 6.04 Å². The molecule has 0 aliphatic carbocycles. The van der Waals surface area contributed by atoms with Gasteiger partial charge >= 0.3 is 0 Å². The van der Waals surface area contributed by atoms with Gasteiger partial charge in [0.1, 0.15) is 0 Å². The summed E-state index contributed by atoms with van der Waals surface area (Å²) in [6.45, 7) is 11.2. The van der Waals surface area contributed by atoms with Crippen LogP contribution >= 0.6 is 0 Å². The highest BCUT2D eigenvalue weighted by Crippen LogP contribution is 2.18. The second kappa shape index (κ2) is 6.30. The van der Waals surface area contributed by atoms with Crippen LogP contribution in [0.5, 0.6) is 0 Å². The molecule has 100 valence electrons. The first-order chi connectivity index (χ1) is 8.69. The second-order valence-electron chi connectivity index (χ2n) is 5.54. The molecule has 1 N–H and O–H groups in total. The van der Waals surface area contributed by atoms with Crippen molar-refractivity contribution in [1.82, 2.24) is 15.2 Å². The number of aromatic nitrogens is 1. The van der Waals surface area contributed by atoms with Gasteiger partial charge in [0.05, 0.1) is 0 Å². The molecule has 2 rings (SSSR count). The number of hydrogen-bond donors (Lipinski definition) is 1. The molecule has 1 aromatic rings. The van der Waals surface area contributed by atoms with Crippen LogP contribution in [0.1, 0.15) is 31.4 Å². The Hall–Kier alpha value is -0.930. The number of likely N-dealkylation sites (tertiary alicyclic amines) is 1. The van der Waals surface area contributed by atoms with Gasteiger partial charge in [0.2, 0.25) is 0 Å². The summed E-state index contributed by atoms with van der Waals surface area (Å²) in [4.78, 5) is 6.82. The smallest absolute Gasteiger partial charge is 0.0313 e. The fraction of sp³-hybridized carbons (Fsp3) is 0.667. The lowest BCUT2D eigenvalue weighted by molar-refractivity contribution is 0.142. The average Bonchev–Trinajstić information content (AvgIpc) is 2.33. The number of aryl methyl sites for hydroxylation is 1. The number of nitrogens with zero attached hydrogens (tertiary/aromatic N) is 2. The highest BCUT2D eigenvalue weighted by molar-refractivity contribution is 5.16. The topological polar surface area (TPSA) is 28.2 Å². The van der Waals surface area contributed by atoms with E-state index < -0.39 is 0 Å². The average molecular weight is 247 g/mol. The minimum atomic E-state index is 0.696. The molecule has 0 spiro atoms. The lowest BCUT2D eigenvalue weighted by Gasteiger charge is -2.37. The minimum Gasteiger partial charge on any atom is -0.314 e. The molecule has 0 amide bonds. The van der Waals surface area contributed by atoms with E-state index in [-0.39, 0.29) is 0 Å². The molecule has 0 aromatic carbocycles. The molecular weight excluding hydrogens is 222 g/mol. The predicted molar refractivity (Wildman–Crippen MR) is 75.5 cm³/mol. The molecule has 2 heterocycles. The molecule has 1 aliphatic heterocycles. The first-order valence-corrected chi connectivity index (χ1v) is 7.05. The highest BCUT2D eigenvalue weighted by Gasteiger charge is 2.25. The summed E-state index contributed by atoms with van der Waals surface area (Å²) >= 11 is 0. The van der Waals surface area contributed by atoms with Gasteiger partial charge in [0.25, 0.3) is 0 Å². The fourth-order valence-corrected chi connectivity index (χ4v) is 2.90. The van der Waals surface area contributed by atoms with Gasteiger partial charge in [0.15, 0.2) is 0 Å². The molecule has 1 aromatic heterocycles. The molecular formula is C15H25N3. The molecule has 0 bridgehead atoms. The van der Waals surface area contributed by atoms with E-state index >= 15 is 0 Å². The van der Waals surface area contributed by atoms with E-state index in [1.165, 1.54) is 30.6 Å². The van der Waals surface area contributed by atoms with E-state index in [1.54, 1.807) is 0 Å². The number of rotatable bonds is 4. The number of nitrogens with one attached hydrogen (secondary N) is 1. The lowest BCUT2D eigenvalue weighted by Crippen LogP contribution is -2.47. The van der Waals surface area contributed by atoms with Crippen molar-refractivity contribution in [2.24, 2.45) is 5.92 Å². The van der Waals surface area contributed by atoms with Crippen molar-refractivity contribution in [2.75, 3.05) is 19.6 Å². The Bertz CT molecular complexity index is 378. The standard InChI is InChI=1S/C15H25N3/c1-4-17-15-5-6-18(10-13(15)3)11-14-7-12(2)8-16-9-14/h7-9,13,15,17H,4-6,10-11H2,1-3H3. The first-order valence-electron chi connectivity index (χ1n) is 7.05. The summed E-state index contributed by atoms with van der Waals surface area (Å²) in [5, 5.41) is 3.59. The maximum atomic E-state index is 4.27. The predicted octanol–water partition coefficient (Wildman–Crippen LogP) is 2.21. The second-order valence-corrected chi connectivity index (χ2v) is 5.54. The van der Waals surface area contributed by atoms with Crippen LogP contribution in [0.2, 0.25) is 0 Å². The molecule has 1 aliphatic rings. The van der Waals surface area contributed by atoms with Crippen LogP contribution in [0.25, 0.3) is 0 Å². The van der Waals surface area contributed by atoms with Crippen molar-refractivity contribution in [3.63, 3.8) is 0 Å². The lowest BCUT2D eigenvalue weighted by atomic mass is 9.93. The Morgan fingerprint density at radius 3 is 2.94 bits per heavy atom.